The molecule has 0 saturated carbocycles. The van der Waals surface area contributed by atoms with Crippen molar-refractivity contribution in [1.29, 1.82) is 0 Å². The molecule has 0 atom stereocenters. The molecule has 1 aromatic carbocycles. The Labute approximate surface area is 109 Å². The van der Waals surface area contributed by atoms with Gasteiger partial charge in [0, 0.05) is 6.54 Å². The van der Waals surface area contributed by atoms with Crippen molar-refractivity contribution in [1.82, 2.24) is 0 Å². The Balaban J connectivity index is 3.39. The van der Waals surface area contributed by atoms with Crippen molar-refractivity contribution in [3.63, 3.8) is 0 Å². The molecule has 18 heavy (non-hydrogen) atoms. The topological polar surface area (TPSA) is 96.1 Å². The molecular weight excluding hydrogens is 279 g/mol. The second-order valence-electron chi connectivity index (χ2n) is 3.34. The lowest BCUT2D eigenvalue weighted by Crippen LogP contribution is -2.19. The van der Waals surface area contributed by atoms with Crippen LogP contribution in [-0.4, -0.2) is 28.4 Å². The SMILES string of the molecule is CCN(c1ccc(OC)cc1[N+](=O)[O-])P(O)(O)=S. The van der Waals surface area contributed by atoms with Crippen molar-refractivity contribution in [2.24, 2.45) is 0 Å². The molecule has 0 aliphatic carbocycles. The van der Waals surface area contributed by atoms with Gasteiger partial charge in [0.15, 0.2) is 0 Å². The van der Waals surface area contributed by atoms with Gasteiger partial charge in [-0.3, -0.25) is 14.8 Å². The third-order valence-corrected chi connectivity index (χ3v) is 3.99. The predicted octanol–water partition coefficient (Wildman–Crippen LogP) is 1.64. The quantitative estimate of drug-likeness (QED) is 0.484. The van der Waals surface area contributed by atoms with Gasteiger partial charge in [0.1, 0.15) is 11.4 Å². The first-order valence-corrected chi connectivity index (χ1v) is 7.63. The van der Waals surface area contributed by atoms with Gasteiger partial charge in [-0.05, 0) is 30.9 Å². The fourth-order valence-corrected chi connectivity index (χ4v) is 2.92. The molecule has 0 amide bonds. The van der Waals surface area contributed by atoms with E-state index >= 15 is 0 Å². The number of nitro groups is 1. The van der Waals surface area contributed by atoms with E-state index in [2.05, 4.69) is 11.8 Å². The fraction of sp³-hybridized carbons (Fsp3) is 0.333. The predicted molar refractivity (Wildman–Crippen MR) is 71.4 cm³/mol. The first-order valence-electron chi connectivity index (χ1n) is 4.97. The molecule has 100 valence electrons. The summed E-state index contributed by atoms with van der Waals surface area (Å²) in [6, 6.07) is 4.09. The van der Waals surface area contributed by atoms with Crippen LogP contribution in [0.5, 0.6) is 5.75 Å². The summed E-state index contributed by atoms with van der Waals surface area (Å²) < 4.78 is 5.94. The first kappa shape index (κ1) is 14.8. The van der Waals surface area contributed by atoms with Crippen molar-refractivity contribution in [2.45, 2.75) is 6.92 Å². The summed E-state index contributed by atoms with van der Waals surface area (Å²) in [5, 5.41) is 11.0. The highest BCUT2D eigenvalue weighted by molar-refractivity contribution is 8.09. The molecule has 0 radical (unpaired) electrons. The molecule has 7 nitrogen and oxygen atoms in total. The number of hydrogen-bond acceptors (Lipinski definition) is 4. The molecule has 1 rings (SSSR count). The number of methoxy groups -OCH3 is 1. The van der Waals surface area contributed by atoms with E-state index < -0.39 is 11.6 Å². The largest absolute Gasteiger partial charge is 0.496 e. The van der Waals surface area contributed by atoms with Gasteiger partial charge >= 0.3 is 0 Å². The van der Waals surface area contributed by atoms with Crippen LogP contribution < -0.4 is 9.41 Å². The van der Waals surface area contributed by atoms with Gasteiger partial charge in [-0.1, -0.05) is 0 Å². The van der Waals surface area contributed by atoms with Crippen molar-refractivity contribution in [3.8, 4) is 5.75 Å². The lowest BCUT2D eigenvalue weighted by molar-refractivity contribution is -0.384. The Bertz CT molecular complexity index is 504. The summed E-state index contributed by atoms with van der Waals surface area (Å²) in [5.74, 6) is 0.311. The minimum absolute atomic E-state index is 0.0663. The monoisotopic (exact) mass is 292 g/mol. The maximum Gasteiger partial charge on any atom is 0.296 e. The Hall–Kier alpha value is -1.21. The lowest BCUT2D eigenvalue weighted by atomic mass is 10.2. The highest BCUT2D eigenvalue weighted by atomic mass is 32.5. The summed E-state index contributed by atoms with van der Waals surface area (Å²) in [6.45, 7) is -1.99. The average Bonchev–Trinajstić information content (AvgIpc) is 2.28. The van der Waals surface area contributed by atoms with Crippen molar-refractivity contribution in [2.75, 3.05) is 18.3 Å². The molecule has 9 heteroatoms. The van der Waals surface area contributed by atoms with Gasteiger partial charge in [-0.2, -0.15) is 0 Å². The molecule has 0 spiro atoms. The van der Waals surface area contributed by atoms with E-state index in [4.69, 9.17) is 4.74 Å². The zero-order valence-electron chi connectivity index (χ0n) is 9.81. The number of nitrogens with zero attached hydrogens (tertiary/aromatic N) is 2. The van der Waals surface area contributed by atoms with E-state index in [1.165, 1.54) is 25.3 Å². The van der Waals surface area contributed by atoms with Crippen LogP contribution in [0.15, 0.2) is 18.2 Å². The van der Waals surface area contributed by atoms with Crippen LogP contribution in [0.1, 0.15) is 6.92 Å². The molecule has 0 bridgehead atoms. The Morgan fingerprint density at radius 1 is 1.56 bits per heavy atom. The minimum atomic E-state index is -3.77. The smallest absolute Gasteiger partial charge is 0.296 e. The molecule has 0 heterocycles. The first-order chi connectivity index (χ1) is 8.31. The van der Waals surface area contributed by atoms with Gasteiger partial charge in [0.05, 0.1) is 18.1 Å². The molecule has 0 aliphatic rings. The standard InChI is InChI=1S/C9H13N2O5PS/c1-3-10(17(14,15)18)8-5-4-7(16-2)6-9(8)11(12)13/h4-6H,3H2,1-2H3,(H2,14,15,18). The summed E-state index contributed by atoms with van der Waals surface area (Å²) in [6.07, 6.45) is 0. The fourth-order valence-electron chi connectivity index (χ4n) is 1.49. The van der Waals surface area contributed by atoms with E-state index in [9.17, 15) is 19.9 Å². The van der Waals surface area contributed by atoms with E-state index in [1.54, 1.807) is 6.92 Å². The molecule has 0 aliphatic heterocycles. The van der Waals surface area contributed by atoms with Crippen LogP contribution in [0.25, 0.3) is 0 Å². The highest BCUT2D eigenvalue weighted by Crippen LogP contribution is 2.47. The van der Waals surface area contributed by atoms with Crippen molar-refractivity contribution >= 4 is 29.8 Å². The second kappa shape index (κ2) is 5.62. The normalized spacial score (nSPS) is 11.1. The lowest BCUT2D eigenvalue weighted by Gasteiger charge is -2.26. The number of hydrogen-bond donors (Lipinski definition) is 2. The maximum absolute atomic E-state index is 11.0. The molecule has 2 N–H and O–H groups in total. The van der Waals surface area contributed by atoms with Gasteiger partial charge < -0.3 is 14.5 Å². The molecule has 0 saturated heterocycles. The summed E-state index contributed by atoms with van der Waals surface area (Å²) in [5.41, 5.74) is -0.217. The van der Waals surface area contributed by atoms with Gasteiger partial charge in [0.2, 0.25) is 0 Å². The number of anilines is 1. The zero-order chi connectivity index (χ0) is 13.9. The third-order valence-electron chi connectivity index (χ3n) is 2.27. The van der Waals surface area contributed by atoms with E-state index in [0.717, 1.165) is 4.67 Å². The van der Waals surface area contributed by atoms with Crippen molar-refractivity contribution in [3.05, 3.63) is 28.3 Å². The molecule has 0 fully saturated rings. The molecule has 0 aromatic heterocycles. The second-order valence-corrected chi connectivity index (χ2v) is 6.32. The van der Waals surface area contributed by atoms with E-state index in [-0.39, 0.29) is 17.9 Å². The average molecular weight is 292 g/mol. The minimum Gasteiger partial charge on any atom is -0.496 e. The van der Waals surface area contributed by atoms with Gasteiger partial charge in [-0.25, -0.2) is 0 Å². The molecular formula is C9H13N2O5PS. The number of nitro benzene ring substituents is 1. The van der Waals surface area contributed by atoms with Crippen LogP contribution in [0.4, 0.5) is 11.4 Å². The Morgan fingerprint density at radius 2 is 2.17 bits per heavy atom. The molecule has 1 aromatic rings. The number of ether oxygens (including phenoxy) is 1. The van der Waals surface area contributed by atoms with Crippen LogP contribution in [0.2, 0.25) is 0 Å². The van der Waals surface area contributed by atoms with Gasteiger partial charge in [-0.15, -0.1) is 0 Å². The van der Waals surface area contributed by atoms with Gasteiger partial charge in [0.25, 0.3) is 12.3 Å². The van der Waals surface area contributed by atoms with E-state index in [1.807, 2.05) is 0 Å². The number of rotatable bonds is 5. The Morgan fingerprint density at radius 3 is 2.56 bits per heavy atom. The maximum atomic E-state index is 11.0. The van der Waals surface area contributed by atoms with E-state index in [0.29, 0.717) is 5.75 Å². The van der Waals surface area contributed by atoms with Crippen LogP contribution in [0.3, 0.4) is 0 Å². The van der Waals surface area contributed by atoms with Crippen LogP contribution in [-0.2, 0) is 11.8 Å². The highest BCUT2D eigenvalue weighted by Gasteiger charge is 2.27. The summed E-state index contributed by atoms with van der Waals surface area (Å²) in [7, 11) is 1.39. The van der Waals surface area contributed by atoms with Crippen LogP contribution >= 0.6 is 6.64 Å². The Kier molecular flexibility index (Phi) is 4.64. The summed E-state index contributed by atoms with van der Waals surface area (Å²) in [4.78, 5) is 29.4. The molecule has 0 unspecified atom stereocenters. The number of benzene rings is 1. The van der Waals surface area contributed by atoms with Crippen molar-refractivity contribution < 1.29 is 19.4 Å². The summed E-state index contributed by atoms with van der Waals surface area (Å²) >= 11 is 4.59. The third kappa shape index (κ3) is 3.17. The zero-order valence-corrected chi connectivity index (χ0v) is 11.5. The van der Waals surface area contributed by atoms with Crippen LogP contribution in [0, 0.1) is 10.1 Å².